The normalized spacial score (nSPS) is 13.5. The number of benzene rings is 2. The first-order valence-corrected chi connectivity index (χ1v) is 6.42. The van der Waals surface area contributed by atoms with Crippen molar-refractivity contribution in [1.82, 2.24) is 4.90 Å². The number of fused-ring (bicyclic) bond motifs is 1. The van der Waals surface area contributed by atoms with Gasteiger partial charge in [0.25, 0.3) is 0 Å². The van der Waals surface area contributed by atoms with E-state index in [0.29, 0.717) is 24.5 Å². The van der Waals surface area contributed by atoms with Crippen LogP contribution in [0.3, 0.4) is 0 Å². The highest BCUT2D eigenvalue weighted by Gasteiger charge is 2.24. The second kappa shape index (κ2) is 4.96. The van der Waals surface area contributed by atoms with Crippen LogP contribution in [-0.2, 0) is 13.1 Å². The molecule has 3 rings (SSSR count). The molecule has 2 aromatic carbocycles. The zero-order chi connectivity index (χ0) is 14.1. The van der Waals surface area contributed by atoms with Gasteiger partial charge in [-0.25, -0.2) is 4.39 Å². The lowest BCUT2D eigenvalue weighted by Crippen LogP contribution is -2.23. The second-order valence-electron chi connectivity index (χ2n) is 4.86. The summed E-state index contributed by atoms with van der Waals surface area (Å²) >= 11 is 0. The molecule has 0 radical (unpaired) electrons. The van der Waals surface area contributed by atoms with Crippen LogP contribution < -0.4 is 4.74 Å². The third-order valence-corrected chi connectivity index (χ3v) is 3.51. The van der Waals surface area contributed by atoms with E-state index in [1.165, 1.54) is 12.1 Å². The van der Waals surface area contributed by atoms with E-state index < -0.39 is 0 Å². The second-order valence-corrected chi connectivity index (χ2v) is 4.86. The molecular formula is C16H15FN2O. The van der Waals surface area contributed by atoms with Gasteiger partial charge in [0.15, 0.2) is 0 Å². The van der Waals surface area contributed by atoms with Crippen LogP contribution in [0.5, 0.6) is 5.75 Å². The van der Waals surface area contributed by atoms with Crippen molar-refractivity contribution in [3.8, 4) is 5.75 Å². The van der Waals surface area contributed by atoms with E-state index in [2.05, 4.69) is 0 Å². The van der Waals surface area contributed by atoms with Crippen molar-refractivity contribution in [2.24, 2.45) is 0 Å². The van der Waals surface area contributed by atoms with E-state index in [4.69, 9.17) is 10.1 Å². The van der Waals surface area contributed by atoms with E-state index in [9.17, 15) is 4.39 Å². The number of nitrogens with one attached hydrogen (secondary N) is 1. The quantitative estimate of drug-likeness (QED) is 0.930. The monoisotopic (exact) mass is 270 g/mol. The number of nitrogens with zero attached hydrogens (tertiary/aromatic N) is 1. The van der Waals surface area contributed by atoms with Gasteiger partial charge in [-0.1, -0.05) is 18.2 Å². The van der Waals surface area contributed by atoms with Crippen LogP contribution in [0.4, 0.5) is 4.39 Å². The average molecular weight is 270 g/mol. The molecule has 0 aromatic heterocycles. The predicted molar refractivity (Wildman–Crippen MR) is 75.5 cm³/mol. The number of methoxy groups -OCH3 is 1. The Labute approximate surface area is 117 Å². The summed E-state index contributed by atoms with van der Waals surface area (Å²) in [6.07, 6.45) is 0. The van der Waals surface area contributed by atoms with E-state index in [1.54, 1.807) is 13.2 Å². The summed E-state index contributed by atoms with van der Waals surface area (Å²) < 4.78 is 18.5. The first kappa shape index (κ1) is 12.7. The van der Waals surface area contributed by atoms with E-state index in [-0.39, 0.29) is 5.82 Å². The molecule has 4 heteroatoms. The summed E-state index contributed by atoms with van der Waals surface area (Å²) in [6, 6.07) is 12.4. The maximum absolute atomic E-state index is 13.3. The lowest BCUT2D eigenvalue weighted by atomic mass is 10.1. The highest BCUT2D eigenvalue weighted by Crippen LogP contribution is 2.25. The van der Waals surface area contributed by atoms with Crippen molar-refractivity contribution < 1.29 is 9.13 Å². The van der Waals surface area contributed by atoms with Crippen LogP contribution in [0.15, 0.2) is 42.5 Å². The lowest BCUT2D eigenvalue weighted by molar-refractivity contribution is 0.406. The SMILES string of the molecule is COc1cccc(CN2Cc3ccc(F)cc3C2=N)c1. The summed E-state index contributed by atoms with van der Waals surface area (Å²) in [4.78, 5) is 1.93. The van der Waals surface area contributed by atoms with Crippen molar-refractivity contribution in [2.75, 3.05) is 7.11 Å². The third kappa shape index (κ3) is 2.25. The molecule has 2 aromatic rings. The van der Waals surface area contributed by atoms with Gasteiger partial charge in [-0.3, -0.25) is 5.41 Å². The van der Waals surface area contributed by atoms with Gasteiger partial charge in [-0.05, 0) is 35.4 Å². The maximum atomic E-state index is 13.3. The van der Waals surface area contributed by atoms with Gasteiger partial charge in [0.05, 0.1) is 7.11 Å². The molecule has 102 valence electrons. The fourth-order valence-electron chi connectivity index (χ4n) is 2.49. The fourth-order valence-corrected chi connectivity index (χ4v) is 2.49. The first-order chi connectivity index (χ1) is 9.67. The molecule has 20 heavy (non-hydrogen) atoms. The largest absolute Gasteiger partial charge is 0.497 e. The molecule has 3 nitrogen and oxygen atoms in total. The molecule has 0 spiro atoms. The Bertz CT molecular complexity index is 669. The molecule has 1 aliphatic heterocycles. The Balaban J connectivity index is 1.82. The van der Waals surface area contributed by atoms with Gasteiger partial charge >= 0.3 is 0 Å². The van der Waals surface area contributed by atoms with Crippen molar-refractivity contribution in [2.45, 2.75) is 13.1 Å². The highest BCUT2D eigenvalue weighted by molar-refractivity contribution is 6.00. The van der Waals surface area contributed by atoms with Crippen molar-refractivity contribution >= 4 is 5.84 Å². The fraction of sp³-hybridized carbons (Fsp3) is 0.188. The summed E-state index contributed by atoms with van der Waals surface area (Å²) in [5, 5.41) is 8.16. The van der Waals surface area contributed by atoms with Gasteiger partial charge in [0.1, 0.15) is 17.4 Å². The highest BCUT2D eigenvalue weighted by atomic mass is 19.1. The van der Waals surface area contributed by atoms with Crippen molar-refractivity contribution in [3.05, 3.63) is 65.0 Å². The summed E-state index contributed by atoms with van der Waals surface area (Å²) in [5.74, 6) is 0.885. The molecule has 0 unspecified atom stereocenters. The van der Waals surface area contributed by atoms with Crippen molar-refractivity contribution in [3.63, 3.8) is 0 Å². The minimum atomic E-state index is -0.295. The molecule has 0 saturated carbocycles. The van der Waals surface area contributed by atoms with Gasteiger partial charge in [0.2, 0.25) is 0 Å². The van der Waals surface area contributed by atoms with E-state index in [1.807, 2.05) is 29.2 Å². The minimum Gasteiger partial charge on any atom is -0.497 e. The predicted octanol–water partition coefficient (Wildman–Crippen LogP) is 3.18. The molecular weight excluding hydrogens is 255 g/mol. The third-order valence-electron chi connectivity index (χ3n) is 3.51. The summed E-state index contributed by atoms with van der Waals surface area (Å²) in [7, 11) is 1.63. The zero-order valence-corrected chi connectivity index (χ0v) is 11.2. The molecule has 0 amide bonds. The standard InChI is InChI=1S/C16H15FN2O/c1-20-14-4-2-3-11(7-14)9-19-10-12-5-6-13(17)8-15(12)16(19)18/h2-8,18H,9-10H2,1H3. The summed E-state index contributed by atoms with van der Waals surface area (Å²) in [5.41, 5.74) is 2.76. The molecule has 0 bridgehead atoms. The lowest BCUT2D eigenvalue weighted by Gasteiger charge is -2.18. The van der Waals surface area contributed by atoms with Crippen LogP contribution >= 0.6 is 0 Å². The average Bonchev–Trinajstić information content (AvgIpc) is 2.76. The first-order valence-electron chi connectivity index (χ1n) is 6.42. The molecule has 1 heterocycles. The van der Waals surface area contributed by atoms with E-state index >= 15 is 0 Å². The van der Waals surface area contributed by atoms with Gasteiger partial charge < -0.3 is 9.64 Å². The Morgan fingerprint density at radius 1 is 1.25 bits per heavy atom. The van der Waals surface area contributed by atoms with Crippen LogP contribution in [0, 0.1) is 11.2 Å². The Kier molecular flexibility index (Phi) is 3.14. The number of hydrogen-bond acceptors (Lipinski definition) is 2. The number of amidine groups is 1. The number of halogens is 1. The van der Waals surface area contributed by atoms with E-state index in [0.717, 1.165) is 16.9 Å². The number of hydrogen-bond donors (Lipinski definition) is 1. The van der Waals surface area contributed by atoms with Gasteiger partial charge in [-0.2, -0.15) is 0 Å². The maximum Gasteiger partial charge on any atom is 0.129 e. The topological polar surface area (TPSA) is 36.3 Å². The number of rotatable bonds is 3. The minimum absolute atomic E-state index is 0.295. The molecule has 0 aliphatic carbocycles. The Morgan fingerprint density at radius 2 is 2.10 bits per heavy atom. The van der Waals surface area contributed by atoms with Crippen molar-refractivity contribution in [1.29, 1.82) is 5.41 Å². The van der Waals surface area contributed by atoms with Crippen LogP contribution in [0.2, 0.25) is 0 Å². The van der Waals surface area contributed by atoms with Gasteiger partial charge in [-0.15, -0.1) is 0 Å². The Morgan fingerprint density at radius 3 is 2.90 bits per heavy atom. The van der Waals surface area contributed by atoms with Crippen LogP contribution in [-0.4, -0.2) is 17.8 Å². The molecule has 0 saturated heterocycles. The Hall–Kier alpha value is -2.36. The number of ether oxygens (including phenoxy) is 1. The van der Waals surface area contributed by atoms with Crippen LogP contribution in [0.25, 0.3) is 0 Å². The molecule has 1 aliphatic rings. The summed E-state index contributed by atoms with van der Waals surface area (Å²) in [6.45, 7) is 1.26. The molecule has 1 N–H and O–H groups in total. The zero-order valence-electron chi connectivity index (χ0n) is 11.2. The smallest absolute Gasteiger partial charge is 0.129 e. The molecule has 0 atom stereocenters. The van der Waals surface area contributed by atoms with Gasteiger partial charge in [0, 0.05) is 18.7 Å². The molecule has 0 fully saturated rings. The van der Waals surface area contributed by atoms with Crippen LogP contribution in [0.1, 0.15) is 16.7 Å².